The van der Waals surface area contributed by atoms with Crippen LogP contribution in [-0.4, -0.2) is 5.91 Å². The largest absolute Gasteiger partial charge is 0.472 e. The molecule has 0 atom stereocenters. The maximum absolute atomic E-state index is 12.0. The molecule has 4 nitrogen and oxygen atoms in total. The van der Waals surface area contributed by atoms with Gasteiger partial charge >= 0.3 is 0 Å². The molecule has 0 radical (unpaired) electrons. The van der Waals surface area contributed by atoms with Crippen LogP contribution in [0.2, 0.25) is 0 Å². The van der Waals surface area contributed by atoms with Gasteiger partial charge in [0.05, 0.1) is 18.9 Å². The van der Waals surface area contributed by atoms with Gasteiger partial charge in [0.1, 0.15) is 0 Å². The van der Waals surface area contributed by atoms with Crippen LogP contribution in [0.25, 0.3) is 0 Å². The molecule has 2 N–H and O–H groups in total. The highest BCUT2D eigenvalue weighted by Crippen LogP contribution is 2.12. The lowest BCUT2D eigenvalue weighted by Crippen LogP contribution is -2.24. The van der Waals surface area contributed by atoms with Gasteiger partial charge in [-0.2, -0.15) is 0 Å². The van der Waals surface area contributed by atoms with Crippen LogP contribution in [0.15, 0.2) is 77.6 Å². The van der Waals surface area contributed by atoms with Gasteiger partial charge in [0.25, 0.3) is 0 Å². The number of amides is 1. The Kier molecular flexibility index (Phi) is 5.30. The zero-order valence-electron chi connectivity index (χ0n) is 13.4. The second-order valence-electron chi connectivity index (χ2n) is 5.62. The van der Waals surface area contributed by atoms with Crippen LogP contribution < -0.4 is 10.6 Å². The molecule has 3 aromatic rings. The maximum Gasteiger partial charge on any atom is 0.224 e. The molecule has 0 fully saturated rings. The number of carbonyl (C=O) groups is 1. The van der Waals surface area contributed by atoms with Crippen molar-refractivity contribution in [2.45, 2.75) is 19.5 Å². The van der Waals surface area contributed by atoms with Crippen molar-refractivity contribution in [3.63, 3.8) is 0 Å². The van der Waals surface area contributed by atoms with E-state index in [4.69, 9.17) is 4.42 Å². The summed E-state index contributed by atoms with van der Waals surface area (Å²) in [5.41, 5.74) is 4.21. The van der Waals surface area contributed by atoms with E-state index in [1.54, 1.807) is 12.5 Å². The Labute approximate surface area is 141 Å². The predicted octanol–water partition coefficient (Wildman–Crippen LogP) is 3.75. The van der Waals surface area contributed by atoms with Crippen molar-refractivity contribution >= 4 is 11.6 Å². The fourth-order valence-corrected chi connectivity index (χ4v) is 2.38. The van der Waals surface area contributed by atoms with Gasteiger partial charge in [0, 0.05) is 24.3 Å². The Balaban J connectivity index is 1.45. The minimum absolute atomic E-state index is 0.0259. The van der Waals surface area contributed by atoms with Crippen molar-refractivity contribution in [1.82, 2.24) is 5.32 Å². The van der Waals surface area contributed by atoms with Gasteiger partial charge in [-0.25, -0.2) is 0 Å². The van der Waals surface area contributed by atoms with E-state index in [1.807, 2.05) is 60.7 Å². The number of benzene rings is 2. The lowest BCUT2D eigenvalue weighted by Gasteiger charge is -2.08. The summed E-state index contributed by atoms with van der Waals surface area (Å²) < 4.78 is 5.04. The maximum atomic E-state index is 12.0. The first-order valence-corrected chi connectivity index (χ1v) is 7.94. The highest BCUT2D eigenvalue weighted by molar-refractivity contribution is 5.78. The molecule has 122 valence electrons. The van der Waals surface area contributed by atoms with E-state index in [9.17, 15) is 4.79 Å². The van der Waals surface area contributed by atoms with Crippen molar-refractivity contribution in [3.8, 4) is 0 Å². The summed E-state index contributed by atoms with van der Waals surface area (Å²) in [6.07, 6.45) is 3.77. The number of anilines is 1. The van der Waals surface area contributed by atoms with Gasteiger partial charge in [-0.1, -0.05) is 42.5 Å². The van der Waals surface area contributed by atoms with Crippen molar-refractivity contribution in [2.24, 2.45) is 0 Å². The molecule has 0 bridgehead atoms. The summed E-state index contributed by atoms with van der Waals surface area (Å²) in [5.74, 6) is 0.0259. The average molecular weight is 320 g/mol. The molecule has 0 aliphatic rings. The Bertz CT molecular complexity index is 750. The van der Waals surface area contributed by atoms with E-state index < -0.39 is 0 Å². The molecule has 0 saturated carbocycles. The van der Waals surface area contributed by atoms with E-state index in [2.05, 4.69) is 10.6 Å². The molecular weight excluding hydrogens is 300 g/mol. The van der Waals surface area contributed by atoms with Crippen molar-refractivity contribution in [3.05, 3.63) is 89.9 Å². The summed E-state index contributed by atoms with van der Waals surface area (Å²) >= 11 is 0. The van der Waals surface area contributed by atoms with Crippen molar-refractivity contribution < 1.29 is 9.21 Å². The third-order valence-corrected chi connectivity index (χ3v) is 3.73. The highest BCUT2D eigenvalue weighted by atomic mass is 16.3. The second-order valence-corrected chi connectivity index (χ2v) is 5.62. The summed E-state index contributed by atoms with van der Waals surface area (Å²) in [5, 5.41) is 6.25. The zero-order valence-corrected chi connectivity index (χ0v) is 13.4. The average Bonchev–Trinajstić information content (AvgIpc) is 3.14. The van der Waals surface area contributed by atoms with Gasteiger partial charge in [0.15, 0.2) is 0 Å². The number of rotatable bonds is 7. The first-order valence-electron chi connectivity index (χ1n) is 7.94. The zero-order chi connectivity index (χ0) is 16.6. The van der Waals surface area contributed by atoms with E-state index in [1.165, 1.54) is 0 Å². The van der Waals surface area contributed by atoms with Crippen LogP contribution in [0.4, 0.5) is 5.69 Å². The fourth-order valence-electron chi connectivity index (χ4n) is 2.38. The molecule has 0 aliphatic heterocycles. The van der Waals surface area contributed by atoms with E-state index >= 15 is 0 Å². The molecule has 4 heteroatoms. The SMILES string of the molecule is O=C(Cc1ccc(NCc2ccoc2)cc1)NCc1ccccc1. The van der Waals surface area contributed by atoms with E-state index in [-0.39, 0.29) is 5.91 Å². The number of nitrogens with one attached hydrogen (secondary N) is 2. The van der Waals surface area contributed by atoms with E-state index in [0.29, 0.717) is 19.5 Å². The van der Waals surface area contributed by atoms with Crippen LogP contribution in [-0.2, 0) is 24.3 Å². The van der Waals surface area contributed by atoms with Gasteiger partial charge in [-0.05, 0) is 29.3 Å². The Hall–Kier alpha value is -3.01. The number of hydrogen-bond acceptors (Lipinski definition) is 3. The number of hydrogen-bond donors (Lipinski definition) is 2. The summed E-state index contributed by atoms with van der Waals surface area (Å²) in [7, 11) is 0. The molecule has 0 saturated heterocycles. The van der Waals surface area contributed by atoms with Crippen LogP contribution in [0.1, 0.15) is 16.7 Å². The Morgan fingerprint density at radius 2 is 1.62 bits per heavy atom. The van der Waals surface area contributed by atoms with Gasteiger partial charge in [-0.15, -0.1) is 0 Å². The van der Waals surface area contributed by atoms with Gasteiger partial charge in [-0.3, -0.25) is 4.79 Å². The standard InChI is InChI=1S/C20H20N2O2/c23-20(22-13-17-4-2-1-3-5-17)12-16-6-8-19(9-7-16)21-14-18-10-11-24-15-18/h1-11,15,21H,12-14H2,(H,22,23). The molecule has 1 amide bonds. The molecular formula is C20H20N2O2. The summed E-state index contributed by atoms with van der Waals surface area (Å²) in [4.78, 5) is 12.0. The van der Waals surface area contributed by atoms with Crippen LogP contribution in [0.3, 0.4) is 0 Å². The number of furan rings is 1. The van der Waals surface area contributed by atoms with Crippen LogP contribution >= 0.6 is 0 Å². The topological polar surface area (TPSA) is 54.3 Å². The van der Waals surface area contributed by atoms with Gasteiger partial charge in [0.2, 0.25) is 5.91 Å². The third-order valence-electron chi connectivity index (χ3n) is 3.73. The first-order chi connectivity index (χ1) is 11.8. The fraction of sp³-hybridized carbons (Fsp3) is 0.150. The molecule has 1 heterocycles. The molecule has 3 rings (SSSR count). The monoisotopic (exact) mass is 320 g/mol. The third kappa shape index (κ3) is 4.74. The molecule has 0 aliphatic carbocycles. The minimum Gasteiger partial charge on any atom is -0.472 e. The predicted molar refractivity (Wildman–Crippen MR) is 94.5 cm³/mol. The van der Waals surface area contributed by atoms with Crippen molar-refractivity contribution in [2.75, 3.05) is 5.32 Å². The van der Waals surface area contributed by atoms with E-state index in [0.717, 1.165) is 22.4 Å². The van der Waals surface area contributed by atoms with Gasteiger partial charge < -0.3 is 15.1 Å². The van der Waals surface area contributed by atoms with Crippen molar-refractivity contribution in [1.29, 1.82) is 0 Å². The number of carbonyl (C=O) groups excluding carboxylic acids is 1. The van der Waals surface area contributed by atoms with Crippen LogP contribution in [0, 0.1) is 0 Å². The lowest BCUT2D eigenvalue weighted by molar-refractivity contribution is -0.120. The lowest BCUT2D eigenvalue weighted by atomic mass is 10.1. The second kappa shape index (κ2) is 8.02. The quantitative estimate of drug-likeness (QED) is 0.697. The normalized spacial score (nSPS) is 10.3. The highest BCUT2D eigenvalue weighted by Gasteiger charge is 2.04. The van der Waals surface area contributed by atoms with Crippen LogP contribution in [0.5, 0.6) is 0 Å². The molecule has 0 unspecified atom stereocenters. The smallest absolute Gasteiger partial charge is 0.224 e. The molecule has 2 aromatic carbocycles. The minimum atomic E-state index is 0.0259. The summed E-state index contributed by atoms with van der Waals surface area (Å²) in [6, 6.07) is 19.8. The first kappa shape index (κ1) is 15.9. The Morgan fingerprint density at radius 1 is 0.833 bits per heavy atom. The Morgan fingerprint density at radius 3 is 2.33 bits per heavy atom. The summed E-state index contributed by atoms with van der Waals surface area (Å²) in [6.45, 7) is 1.28. The molecule has 1 aromatic heterocycles. The molecule has 0 spiro atoms. The molecule has 24 heavy (non-hydrogen) atoms.